The van der Waals surface area contributed by atoms with E-state index in [4.69, 9.17) is 11.6 Å². The molecule has 64 valence electrons. The van der Waals surface area contributed by atoms with Gasteiger partial charge in [-0.1, -0.05) is 32.4 Å². The van der Waals surface area contributed by atoms with Crippen LogP contribution in [0.2, 0.25) is 0 Å². The van der Waals surface area contributed by atoms with Crippen LogP contribution in [0.3, 0.4) is 0 Å². The Morgan fingerprint density at radius 2 is 2.18 bits per heavy atom. The predicted molar refractivity (Wildman–Crippen MR) is 51.0 cm³/mol. The molecule has 11 heavy (non-hydrogen) atoms. The van der Waals surface area contributed by atoms with Crippen molar-refractivity contribution < 1.29 is 0 Å². The second kappa shape index (κ2) is 3.62. The second-order valence-corrected chi connectivity index (χ2v) is 4.43. The van der Waals surface area contributed by atoms with Gasteiger partial charge in [0.15, 0.2) is 0 Å². The van der Waals surface area contributed by atoms with Gasteiger partial charge < -0.3 is 0 Å². The van der Waals surface area contributed by atoms with Crippen LogP contribution in [0, 0.1) is 11.8 Å². The molecule has 2 unspecified atom stereocenters. The summed E-state index contributed by atoms with van der Waals surface area (Å²) >= 11 is 6.20. The van der Waals surface area contributed by atoms with Crippen LogP contribution in [-0.4, -0.2) is 5.38 Å². The Morgan fingerprint density at radius 3 is 2.64 bits per heavy atom. The van der Waals surface area contributed by atoms with Crippen molar-refractivity contribution >= 4 is 11.6 Å². The van der Waals surface area contributed by atoms with Crippen molar-refractivity contribution in [3.05, 3.63) is 11.6 Å². The Balaban J connectivity index is 2.65. The molecule has 0 radical (unpaired) electrons. The summed E-state index contributed by atoms with van der Waals surface area (Å²) in [5, 5.41) is 0.304. The van der Waals surface area contributed by atoms with E-state index in [9.17, 15) is 0 Å². The van der Waals surface area contributed by atoms with Crippen molar-refractivity contribution in [1.29, 1.82) is 0 Å². The minimum atomic E-state index is 0.304. The van der Waals surface area contributed by atoms with Gasteiger partial charge in [-0.3, -0.25) is 0 Å². The largest absolute Gasteiger partial charge is 0.118 e. The van der Waals surface area contributed by atoms with Gasteiger partial charge in [0.1, 0.15) is 0 Å². The van der Waals surface area contributed by atoms with Crippen LogP contribution < -0.4 is 0 Å². The van der Waals surface area contributed by atoms with Crippen LogP contribution in [0.4, 0.5) is 0 Å². The monoisotopic (exact) mass is 172 g/mol. The lowest BCUT2D eigenvalue weighted by Crippen LogP contribution is -2.17. The van der Waals surface area contributed by atoms with E-state index in [1.807, 2.05) is 0 Å². The minimum absolute atomic E-state index is 0.304. The molecule has 2 atom stereocenters. The third-order valence-electron chi connectivity index (χ3n) is 2.39. The van der Waals surface area contributed by atoms with Gasteiger partial charge in [-0.05, 0) is 24.7 Å². The van der Waals surface area contributed by atoms with Crippen molar-refractivity contribution in [1.82, 2.24) is 0 Å². The third-order valence-corrected chi connectivity index (χ3v) is 2.82. The zero-order chi connectivity index (χ0) is 8.43. The van der Waals surface area contributed by atoms with Crippen molar-refractivity contribution in [2.24, 2.45) is 11.8 Å². The number of alkyl halides is 1. The predicted octanol–water partition coefficient (Wildman–Crippen LogP) is 3.61. The molecule has 0 fully saturated rings. The van der Waals surface area contributed by atoms with Gasteiger partial charge in [-0.25, -0.2) is 0 Å². The first-order valence-corrected chi connectivity index (χ1v) is 4.89. The van der Waals surface area contributed by atoms with Crippen molar-refractivity contribution in [2.75, 3.05) is 0 Å². The number of rotatable bonds is 1. The molecule has 0 aromatic heterocycles. The van der Waals surface area contributed by atoms with E-state index in [0.717, 1.165) is 12.3 Å². The molecule has 0 aromatic carbocycles. The second-order valence-electron chi connectivity index (χ2n) is 3.90. The molecule has 1 aliphatic rings. The smallest absolute Gasteiger partial charge is 0.0550 e. The van der Waals surface area contributed by atoms with E-state index in [-0.39, 0.29) is 0 Å². The highest BCUT2D eigenvalue weighted by molar-refractivity contribution is 6.22. The molecule has 0 nitrogen and oxygen atoms in total. The Labute approximate surface area is 74.6 Å². The Morgan fingerprint density at radius 1 is 1.55 bits per heavy atom. The lowest BCUT2D eigenvalue weighted by Gasteiger charge is -2.25. The van der Waals surface area contributed by atoms with E-state index < -0.39 is 0 Å². The van der Waals surface area contributed by atoms with Gasteiger partial charge in [0.05, 0.1) is 5.38 Å². The van der Waals surface area contributed by atoms with E-state index in [1.165, 1.54) is 12.0 Å². The summed E-state index contributed by atoms with van der Waals surface area (Å²) in [5.41, 5.74) is 1.45. The first kappa shape index (κ1) is 9.12. The van der Waals surface area contributed by atoms with Crippen LogP contribution in [0.5, 0.6) is 0 Å². The quantitative estimate of drug-likeness (QED) is 0.419. The normalized spacial score (nSPS) is 32.3. The van der Waals surface area contributed by atoms with Gasteiger partial charge in [0.25, 0.3) is 0 Å². The highest BCUT2D eigenvalue weighted by Crippen LogP contribution is 2.31. The van der Waals surface area contributed by atoms with Crippen molar-refractivity contribution in [2.45, 2.75) is 39.0 Å². The zero-order valence-corrected chi connectivity index (χ0v) is 8.36. The summed E-state index contributed by atoms with van der Waals surface area (Å²) in [5.74, 6) is 1.41. The number of hydrogen-bond acceptors (Lipinski definition) is 0. The van der Waals surface area contributed by atoms with Gasteiger partial charge >= 0.3 is 0 Å². The van der Waals surface area contributed by atoms with Gasteiger partial charge in [0, 0.05) is 0 Å². The molecule has 0 amide bonds. The fourth-order valence-electron chi connectivity index (χ4n) is 1.65. The Bertz CT molecular complexity index is 158. The molecule has 0 aliphatic heterocycles. The van der Waals surface area contributed by atoms with Gasteiger partial charge in [-0.2, -0.15) is 0 Å². The maximum Gasteiger partial charge on any atom is 0.0550 e. The van der Waals surface area contributed by atoms with E-state index in [1.54, 1.807) is 0 Å². The van der Waals surface area contributed by atoms with Crippen LogP contribution in [0.1, 0.15) is 33.6 Å². The van der Waals surface area contributed by atoms with Gasteiger partial charge in [-0.15, -0.1) is 11.6 Å². The van der Waals surface area contributed by atoms with Crippen molar-refractivity contribution in [3.63, 3.8) is 0 Å². The molecule has 0 saturated heterocycles. The molecule has 0 aromatic rings. The molecule has 0 bridgehead atoms. The molecular weight excluding hydrogens is 156 g/mol. The average Bonchev–Trinajstić information content (AvgIpc) is 1.85. The topological polar surface area (TPSA) is 0 Å². The molecular formula is C10H17Cl. The highest BCUT2D eigenvalue weighted by Gasteiger charge is 2.21. The Hall–Kier alpha value is 0.0300. The Kier molecular flexibility index (Phi) is 3.00. The molecule has 1 aliphatic carbocycles. The van der Waals surface area contributed by atoms with E-state index in [0.29, 0.717) is 11.3 Å². The van der Waals surface area contributed by atoms with Crippen LogP contribution in [-0.2, 0) is 0 Å². The van der Waals surface area contributed by atoms with Crippen LogP contribution in [0.25, 0.3) is 0 Å². The number of allylic oxidation sites excluding steroid dienone is 2. The first-order valence-electron chi connectivity index (χ1n) is 4.45. The molecule has 1 rings (SSSR count). The first-order chi connectivity index (χ1) is 5.11. The molecule has 0 saturated carbocycles. The zero-order valence-electron chi connectivity index (χ0n) is 7.60. The van der Waals surface area contributed by atoms with Crippen LogP contribution in [0.15, 0.2) is 11.6 Å². The fraction of sp³-hybridized carbons (Fsp3) is 0.800. The number of hydrogen-bond donors (Lipinski definition) is 0. The average molecular weight is 173 g/mol. The highest BCUT2D eigenvalue weighted by atomic mass is 35.5. The molecule has 0 N–H and O–H groups in total. The number of halogens is 1. The summed E-state index contributed by atoms with van der Waals surface area (Å²) in [4.78, 5) is 0. The lowest BCUT2D eigenvalue weighted by atomic mass is 9.86. The summed E-state index contributed by atoms with van der Waals surface area (Å²) in [6.45, 7) is 6.71. The minimum Gasteiger partial charge on any atom is -0.118 e. The summed E-state index contributed by atoms with van der Waals surface area (Å²) in [6, 6.07) is 0. The lowest BCUT2D eigenvalue weighted by molar-refractivity contribution is 0.495. The van der Waals surface area contributed by atoms with E-state index >= 15 is 0 Å². The molecule has 0 spiro atoms. The maximum atomic E-state index is 6.20. The maximum absolute atomic E-state index is 6.20. The van der Waals surface area contributed by atoms with Gasteiger partial charge in [0.2, 0.25) is 0 Å². The standard InChI is InChI=1S/C10H17Cl/c1-7(2)9-5-4-8(3)6-10(9)11/h5,7-8,10H,4,6H2,1-3H3. The fourth-order valence-corrected chi connectivity index (χ4v) is 2.29. The van der Waals surface area contributed by atoms with E-state index in [2.05, 4.69) is 26.8 Å². The summed E-state index contributed by atoms with van der Waals surface area (Å²) in [7, 11) is 0. The molecule has 0 heterocycles. The summed E-state index contributed by atoms with van der Waals surface area (Å²) < 4.78 is 0. The molecule has 1 heteroatoms. The SMILES string of the molecule is CC1CC=C(C(C)C)C(Cl)C1. The van der Waals surface area contributed by atoms with Crippen molar-refractivity contribution in [3.8, 4) is 0 Å². The van der Waals surface area contributed by atoms with Crippen LogP contribution >= 0.6 is 11.6 Å². The third kappa shape index (κ3) is 2.23. The summed E-state index contributed by atoms with van der Waals surface area (Å²) in [6.07, 6.45) is 4.71.